The highest BCUT2D eigenvalue weighted by Crippen LogP contribution is 2.17. The predicted molar refractivity (Wildman–Crippen MR) is 83.2 cm³/mol. The number of anilines is 3. The van der Waals surface area contributed by atoms with E-state index in [0.717, 1.165) is 17.8 Å². The summed E-state index contributed by atoms with van der Waals surface area (Å²) in [6.07, 6.45) is 3.28. The SMILES string of the molecule is Fc1ccc(Nc2nccc(NCc3ccccn3)n2)cc1F. The number of aromatic nitrogens is 3. The molecule has 3 aromatic rings. The molecule has 0 unspecified atom stereocenters. The first-order valence-corrected chi connectivity index (χ1v) is 6.89. The van der Waals surface area contributed by atoms with Crippen LogP contribution >= 0.6 is 0 Å². The van der Waals surface area contributed by atoms with Gasteiger partial charge in [-0.15, -0.1) is 0 Å². The predicted octanol–water partition coefficient (Wildman–Crippen LogP) is 3.51. The van der Waals surface area contributed by atoms with Gasteiger partial charge in [-0.05, 0) is 30.3 Å². The summed E-state index contributed by atoms with van der Waals surface area (Å²) in [6, 6.07) is 10.9. The molecule has 0 saturated heterocycles. The van der Waals surface area contributed by atoms with Crippen molar-refractivity contribution in [3.05, 3.63) is 72.2 Å². The fourth-order valence-electron chi connectivity index (χ4n) is 1.90. The minimum absolute atomic E-state index is 0.280. The zero-order valence-corrected chi connectivity index (χ0v) is 12.0. The van der Waals surface area contributed by atoms with Crippen LogP contribution in [0.25, 0.3) is 0 Å². The Labute approximate surface area is 131 Å². The molecule has 7 heteroatoms. The summed E-state index contributed by atoms with van der Waals surface area (Å²) in [6.45, 7) is 0.516. The topological polar surface area (TPSA) is 62.7 Å². The Morgan fingerprint density at radius 3 is 2.61 bits per heavy atom. The van der Waals surface area contributed by atoms with Gasteiger partial charge in [0.1, 0.15) is 5.82 Å². The molecule has 116 valence electrons. The molecule has 0 fully saturated rings. The minimum Gasteiger partial charge on any atom is -0.364 e. The molecule has 2 heterocycles. The minimum atomic E-state index is -0.931. The molecule has 5 nitrogen and oxygen atoms in total. The van der Waals surface area contributed by atoms with Crippen LogP contribution in [0.3, 0.4) is 0 Å². The lowest BCUT2D eigenvalue weighted by Crippen LogP contribution is -2.05. The summed E-state index contributed by atoms with van der Waals surface area (Å²) < 4.78 is 26.1. The summed E-state index contributed by atoms with van der Waals surface area (Å²) in [5.74, 6) is -0.959. The average Bonchev–Trinajstić information content (AvgIpc) is 2.58. The Kier molecular flexibility index (Phi) is 4.37. The maximum atomic E-state index is 13.2. The maximum absolute atomic E-state index is 13.2. The van der Waals surface area contributed by atoms with Gasteiger partial charge in [0.25, 0.3) is 0 Å². The Hall–Kier alpha value is -3.09. The number of halogens is 2. The average molecular weight is 313 g/mol. The summed E-state index contributed by atoms with van der Waals surface area (Å²) >= 11 is 0. The summed E-state index contributed by atoms with van der Waals surface area (Å²) in [4.78, 5) is 12.5. The molecule has 0 bridgehead atoms. The molecule has 0 aliphatic rings. The van der Waals surface area contributed by atoms with Crippen molar-refractivity contribution in [1.82, 2.24) is 15.0 Å². The first-order valence-electron chi connectivity index (χ1n) is 6.89. The van der Waals surface area contributed by atoms with E-state index in [9.17, 15) is 8.78 Å². The molecule has 0 atom stereocenters. The third-order valence-corrected chi connectivity index (χ3v) is 3.01. The lowest BCUT2D eigenvalue weighted by Gasteiger charge is -2.08. The molecule has 0 saturated carbocycles. The number of hydrogen-bond acceptors (Lipinski definition) is 5. The molecular formula is C16H13F2N5. The van der Waals surface area contributed by atoms with Crippen molar-refractivity contribution < 1.29 is 8.78 Å². The summed E-state index contributed by atoms with van der Waals surface area (Å²) in [5.41, 5.74) is 1.24. The van der Waals surface area contributed by atoms with Crippen molar-refractivity contribution in [2.75, 3.05) is 10.6 Å². The van der Waals surface area contributed by atoms with Crippen LogP contribution in [0.15, 0.2) is 54.9 Å². The van der Waals surface area contributed by atoms with E-state index in [1.165, 1.54) is 6.07 Å². The second-order valence-electron chi connectivity index (χ2n) is 4.69. The van der Waals surface area contributed by atoms with E-state index in [1.807, 2.05) is 18.2 Å². The zero-order chi connectivity index (χ0) is 16.1. The van der Waals surface area contributed by atoms with Gasteiger partial charge in [0, 0.05) is 24.1 Å². The molecule has 0 radical (unpaired) electrons. The number of nitrogens with one attached hydrogen (secondary N) is 2. The van der Waals surface area contributed by atoms with Crippen LogP contribution in [0.2, 0.25) is 0 Å². The van der Waals surface area contributed by atoms with Crippen molar-refractivity contribution in [1.29, 1.82) is 0 Å². The number of benzene rings is 1. The maximum Gasteiger partial charge on any atom is 0.229 e. The van der Waals surface area contributed by atoms with E-state index in [0.29, 0.717) is 18.1 Å². The molecule has 2 N–H and O–H groups in total. The lowest BCUT2D eigenvalue weighted by atomic mass is 10.3. The van der Waals surface area contributed by atoms with E-state index in [-0.39, 0.29) is 5.95 Å². The van der Waals surface area contributed by atoms with E-state index in [2.05, 4.69) is 25.6 Å². The van der Waals surface area contributed by atoms with Crippen LogP contribution in [0.1, 0.15) is 5.69 Å². The Morgan fingerprint density at radius 2 is 1.83 bits per heavy atom. The highest BCUT2D eigenvalue weighted by molar-refractivity contribution is 5.54. The van der Waals surface area contributed by atoms with Crippen LogP contribution < -0.4 is 10.6 Å². The third-order valence-electron chi connectivity index (χ3n) is 3.01. The van der Waals surface area contributed by atoms with Gasteiger partial charge in [0.15, 0.2) is 11.6 Å². The molecule has 1 aromatic carbocycles. The highest BCUT2D eigenvalue weighted by Gasteiger charge is 2.05. The van der Waals surface area contributed by atoms with Gasteiger partial charge in [0.05, 0.1) is 12.2 Å². The van der Waals surface area contributed by atoms with Crippen molar-refractivity contribution in [3.8, 4) is 0 Å². The van der Waals surface area contributed by atoms with Crippen LogP contribution in [0.4, 0.5) is 26.2 Å². The molecule has 0 aliphatic carbocycles. The van der Waals surface area contributed by atoms with E-state index in [1.54, 1.807) is 18.5 Å². The van der Waals surface area contributed by atoms with Gasteiger partial charge < -0.3 is 10.6 Å². The lowest BCUT2D eigenvalue weighted by molar-refractivity contribution is 0.509. The second-order valence-corrected chi connectivity index (χ2v) is 4.69. The van der Waals surface area contributed by atoms with Crippen LogP contribution in [0, 0.1) is 11.6 Å². The largest absolute Gasteiger partial charge is 0.364 e. The van der Waals surface area contributed by atoms with E-state index in [4.69, 9.17) is 0 Å². The van der Waals surface area contributed by atoms with Crippen molar-refractivity contribution in [2.24, 2.45) is 0 Å². The first-order chi connectivity index (χ1) is 11.2. The third kappa shape index (κ3) is 3.97. The van der Waals surface area contributed by atoms with E-state index < -0.39 is 11.6 Å². The monoisotopic (exact) mass is 313 g/mol. The number of nitrogens with zero attached hydrogens (tertiary/aromatic N) is 3. The van der Waals surface area contributed by atoms with Crippen LogP contribution in [-0.4, -0.2) is 15.0 Å². The van der Waals surface area contributed by atoms with Gasteiger partial charge >= 0.3 is 0 Å². The Balaban J connectivity index is 1.68. The fraction of sp³-hybridized carbons (Fsp3) is 0.0625. The van der Waals surface area contributed by atoms with E-state index >= 15 is 0 Å². The molecule has 23 heavy (non-hydrogen) atoms. The first kappa shape index (κ1) is 14.8. The molecule has 3 rings (SSSR count). The van der Waals surface area contributed by atoms with Gasteiger partial charge in [-0.1, -0.05) is 6.07 Å². The van der Waals surface area contributed by atoms with Gasteiger partial charge in [0.2, 0.25) is 5.95 Å². The van der Waals surface area contributed by atoms with Crippen molar-refractivity contribution >= 4 is 17.5 Å². The number of rotatable bonds is 5. The normalized spacial score (nSPS) is 10.3. The van der Waals surface area contributed by atoms with Gasteiger partial charge in [-0.3, -0.25) is 4.98 Å². The zero-order valence-electron chi connectivity index (χ0n) is 12.0. The number of hydrogen-bond donors (Lipinski definition) is 2. The van der Waals surface area contributed by atoms with Crippen molar-refractivity contribution in [3.63, 3.8) is 0 Å². The Bertz CT molecular complexity index is 795. The molecule has 0 aliphatic heterocycles. The quantitative estimate of drug-likeness (QED) is 0.755. The molecular weight excluding hydrogens is 300 g/mol. The smallest absolute Gasteiger partial charge is 0.229 e. The number of pyridine rings is 1. The van der Waals surface area contributed by atoms with Crippen LogP contribution in [-0.2, 0) is 6.54 Å². The van der Waals surface area contributed by atoms with Crippen molar-refractivity contribution in [2.45, 2.75) is 6.54 Å². The summed E-state index contributed by atoms with van der Waals surface area (Å²) in [5, 5.41) is 5.95. The molecule has 0 spiro atoms. The van der Waals surface area contributed by atoms with Gasteiger partial charge in [-0.25, -0.2) is 13.8 Å². The standard InChI is InChI=1S/C16H13F2N5/c17-13-5-4-11(9-14(13)18)22-16-20-8-6-15(23-16)21-10-12-3-1-2-7-19-12/h1-9H,10H2,(H2,20,21,22,23). The Morgan fingerprint density at radius 1 is 0.913 bits per heavy atom. The fourth-order valence-corrected chi connectivity index (χ4v) is 1.90. The molecule has 0 amide bonds. The van der Waals surface area contributed by atoms with Gasteiger partial charge in [-0.2, -0.15) is 4.98 Å². The second kappa shape index (κ2) is 6.78. The highest BCUT2D eigenvalue weighted by atomic mass is 19.2. The summed E-state index contributed by atoms with van der Waals surface area (Å²) in [7, 11) is 0. The molecule has 2 aromatic heterocycles. The van der Waals surface area contributed by atoms with Crippen LogP contribution in [0.5, 0.6) is 0 Å².